The molecule has 2 heteroatoms. The van der Waals surface area contributed by atoms with Gasteiger partial charge in [-0.15, -0.1) is 11.3 Å². The van der Waals surface area contributed by atoms with E-state index in [0.29, 0.717) is 0 Å². The highest BCUT2D eigenvalue weighted by atomic mass is 32.1. The zero-order valence-corrected chi connectivity index (χ0v) is 31.8. The maximum absolute atomic E-state index is 2.46. The Labute approximate surface area is 331 Å². The van der Waals surface area contributed by atoms with Crippen LogP contribution in [0.25, 0.3) is 64.3 Å². The first-order valence-corrected chi connectivity index (χ1v) is 20.1. The Balaban J connectivity index is 1.01. The van der Waals surface area contributed by atoms with E-state index < -0.39 is 0 Å². The van der Waals surface area contributed by atoms with Gasteiger partial charge in [0, 0.05) is 42.6 Å². The zero-order chi connectivity index (χ0) is 37.2. The minimum atomic E-state index is -0.225. The summed E-state index contributed by atoms with van der Waals surface area (Å²) in [6, 6.07) is 75.9. The molecule has 11 rings (SSSR count). The van der Waals surface area contributed by atoms with E-state index in [1.165, 1.54) is 81.0 Å². The van der Waals surface area contributed by atoms with Gasteiger partial charge in [0.1, 0.15) is 0 Å². The van der Waals surface area contributed by atoms with Crippen LogP contribution in [0.15, 0.2) is 206 Å². The standard InChI is InChI=1S/C54H37NS/c1-54(50-17-9-7-15-46(50)47-16-8-10-18-51(47)54)42-25-32-52-49(34-42)48-31-30-45(35-53(48)56-52)55(43-26-21-38(22-27-43)36-11-3-2-4-12-36)44-28-23-39(24-29-44)41-20-19-37-13-5-6-14-40(37)33-41/h2-35H,1H3. The van der Waals surface area contributed by atoms with Gasteiger partial charge in [0.15, 0.2) is 0 Å². The Morgan fingerprint density at radius 2 is 0.929 bits per heavy atom. The highest BCUT2D eigenvalue weighted by Gasteiger charge is 2.40. The summed E-state index contributed by atoms with van der Waals surface area (Å²) in [4.78, 5) is 2.39. The first kappa shape index (κ1) is 32.7. The predicted molar refractivity (Wildman–Crippen MR) is 240 cm³/mol. The summed E-state index contributed by atoms with van der Waals surface area (Å²) in [6.07, 6.45) is 0. The highest BCUT2D eigenvalue weighted by Crippen LogP contribution is 2.53. The molecule has 0 N–H and O–H groups in total. The second-order valence-electron chi connectivity index (χ2n) is 15.1. The van der Waals surface area contributed by atoms with Crippen molar-refractivity contribution >= 4 is 59.3 Å². The normalized spacial score (nSPS) is 12.9. The fraction of sp³-hybridized carbons (Fsp3) is 0.0370. The largest absolute Gasteiger partial charge is 0.310 e. The Morgan fingerprint density at radius 3 is 1.62 bits per heavy atom. The van der Waals surface area contributed by atoms with Crippen LogP contribution in [0.5, 0.6) is 0 Å². The molecule has 1 aliphatic rings. The summed E-state index contributed by atoms with van der Waals surface area (Å²) in [5, 5.41) is 5.12. The fourth-order valence-corrected chi connectivity index (χ4v) is 10.2. The predicted octanol–water partition coefficient (Wildman–Crippen LogP) is 15.3. The van der Waals surface area contributed by atoms with E-state index in [2.05, 4.69) is 218 Å². The molecule has 0 radical (unpaired) electrons. The monoisotopic (exact) mass is 731 g/mol. The number of hydrogen-bond donors (Lipinski definition) is 0. The van der Waals surface area contributed by atoms with Gasteiger partial charge < -0.3 is 4.90 Å². The lowest BCUT2D eigenvalue weighted by Crippen LogP contribution is -2.22. The molecular formula is C54H37NS. The van der Waals surface area contributed by atoms with Gasteiger partial charge in [-0.1, -0.05) is 152 Å². The number of nitrogens with zero attached hydrogens (tertiary/aromatic N) is 1. The van der Waals surface area contributed by atoms with E-state index in [-0.39, 0.29) is 5.41 Å². The van der Waals surface area contributed by atoms with Crippen molar-refractivity contribution in [2.24, 2.45) is 0 Å². The average Bonchev–Trinajstić information content (AvgIpc) is 3.76. The molecule has 0 unspecified atom stereocenters. The molecule has 56 heavy (non-hydrogen) atoms. The van der Waals surface area contributed by atoms with E-state index >= 15 is 0 Å². The lowest BCUT2D eigenvalue weighted by molar-refractivity contribution is 0.715. The first-order chi connectivity index (χ1) is 27.6. The SMILES string of the molecule is CC1(c2ccc3sc4cc(N(c5ccc(-c6ccccc6)cc5)c5ccc(-c6ccc7ccccc7c6)cc5)ccc4c3c2)c2ccccc2-c2ccccc21. The average molecular weight is 732 g/mol. The highest BCUT2D eigenvalue weighted by molar-refractivity contribution is 7.25. The van der Waals surface area contributed by atoms with Crippen molar-refractivity contribution in [3.05, 3.63) is 223 Å². The van der Waals surface area contributed by atoms with Crippen LogP contribution >= 0.6 is 11.3 Å². The Morgan fingerprint density at radius 1 is 0.375 bits per heavy atom. The lowest BCUT2D eigenvalue weighted by atomic mass is 9.74. The molecule has 0 saturated heterocycles. The summed E-state index contributed by atoms with van der Waals surface area (Å²) in [6.45, 7) is 2.40. The summed E-state index contributed by atoms with van der Waals surface area (Å²) in [7, 11) is 0. The molecular weight excluding hydrogens is 695 g/mol. The van der Waals surface area contributed by atoms with Crippen molar-refractivity contribution in [1.29, 1.82) is 0 Å². The van der Waals surface area contributed by atoms with Crippen molar-refractivity contribution in [2.45, 2.75) is 12.3 Å². The van der Waals surface area contributed by atoms with Crippen LogP contribution in [0.4, 0.5) is 17.1 Å². The van der Waals surface area contributed by atoms with Crippen LogP contribution in [0, 0.1) is 0 Å². The van der Waals surface area contributed by atoms with Crippen molar-refractivity contribution in [2.75, 3.05) is 4.90 Å². The summed E-state index contributed by atoms with van der Waals surface area (Å²) in [5.74, 6) is 0. The van der Waals surface area contributed by atoms with Crippen LogP contribution in [-0.4, -0.2) is 0 Å². The maximum atomic E-state index is 2.46. The minimum Gasteiger partial charge on any atom is -0.310 e. The van der Waals surface area contributed by atoms with Crippen molar-refractivity contribution in [1.82, 2.24) is 0 Å². The zero-order valence-electron chi connectivity index (χ0n) is 31.0. The smallest absolute Gasteiger partial charge is 0.0476 e. The fourth-order valence-electron chi connectivity index (χ4n) is 9.03. The van der Waals surface area contributed by atoms with E-state index in [1.807, 2.05) is 11.3 Å². The molecule has 0 saturated carbocycles. The molecule has 1 nitrogen and oxygen atoms in total. The van der Waals surface area contributed by atoms with Crippen LogP contribution in [0.2, 0.25) is 0 Å². The number of anilines is 3. The lowest BCUT2D eigenvalue weighted by Gasteiger charge is -2.28. The molecule has 9 aromatic carbocycles. The van der Waals surface area contributed by atoms with Gasteiger partial charge in [-0.2, -0.15) is 0 Å². The second-order valence-corrected chi connectivity index (χ2v) is 16.2. The number of hydrogen-bond acceptors (Lipinski definition) is 2. The van der Waals surface area contributed by atoms with Gasteiger partial charge in [-0.3, -0.25) is 0 Å². The van der Waals surface area contributed by atoms with Gasteiger partial charge >= 0.3 is 0 Å². The van der Waals surface area contributed by atoms with E-state index in [1.54, 1.807) is 0 Å². The third-order valence-electron chi connectivity index (χ3n) is 12.0. The molecule has 264 valence electrons. The van der Waals surface area contributed by atoms with Crippen LogP contribution in [0.3, 0.4) is 0 Å². The topological polar surface area (TPSA) is 3.24 Å². The molecule has 0 bridgehead atoms. The van der Waals surface area contributed by atoms with Gasteiger partial charge in [0.25, 0.3) is 0 Å². The summed E-state index contributed by atoms with van der Waals surface area (Å²) >= 11 is 1.88. The third kappa shape index (κ3) is 5.21. The van der Waals surface area contributed by atoms with Gasteiger partial charge in [-0.25, -0.2) is 0 Å². The molecule has 1 heterocycles. The second kappa shape index (κ2) is 12.9. The van der Waals surface area contributed by atoms with Gasteiger partial charge in [0.2, 0.25) is 0 Å². The molecule has 0 spiro atoms. The molecule has 0 aliphatic heterocycles. The van der Waals surface area contributed by atoms with Gasteiger partial charge in [0.05, 0.1) is 0 Å². The molecule has 0 fully saturated rings. The molecule has 0 atom stereocenters. The molecule has 1 aliphatic carbocycles. The Hall–Kier alpha value is -6.74. The quantitative estimate of drug-likeness (QED) is 0.165. The van der Waals surface area contributed by atoms with E-state index in [4.69, 9.17) is 0 Å². The Bertz CT molecular complexity index is 3040. The van der Waals surface area contributed by atoms with E-state index in [9.17, 15) is 0 Å². The summed E-state index contributed by atoms with van der Waals surface area (Å²) < 4.78 is 2.59. The van der Waals surface area contributed by atoms with E-state index in [0.717, 1.165) is 17.1 Å². The number of thiophene rings is 1. The summed E-state index contributed by atoms with van der Waals surface area (Å²) in [5.41, 5.74) is 14.8. The van der Waals surface area contributed by atoms with Crippen molar-refractivity contribution < 1.29 is 0 Å². The molecule has 1 aromatic heterocycles. The van der Waals surface area contributed by atoms with Crippen LogP contribution in [-0.2, 0) is 5.41 Å². The number of fused-ring (bicyclic) bond motifs is 7. The van der Waals surface area contributed by atoms with Crippen LogP contribution in [0.1, 0.15) is 23.6 Å². The van der Waals surface area contributed by atoms with Gasteiger partial charge in [-0.05, 0) is 122 Å². The Kier molecular flexibility index (Phi) is 7.55. The maximum Gasteiger partial charge on any atom is 0.0476 e. The number of rotatable bonds is 6. The minimum absolute atomic E-state index is 0.225. The number of benzene rings is 9. The molecule has 0 amide bonds. The van der Waals surface area contributed by atoms with Crippen molar-refractivity contribution in [3.63, 3.8) is 0 Å². The van der Waals surface area contributed by atoms with Crippen LogP contribution < -0.4 is 4.90 Å². The first-order valence-electron chi connectivity index (χ1n) is 19.3. The molecule has 10 aromatic rings. The van der Waals surface area contributed by atoms with Crippen molar-refractivity contribution in [3.8, 4) is 33.4 Å². The third-order valence-corrected chi connectivity index (χ3v) is 13.1.